The first-order chi connectivity index (χ1) is 8.09. The monoisotopic (exact) mass is 373 g/mol. The molecular weight excluding hydrogens is 366 g/mol. The molecule has 0 atom stereocenters. The molecule has 2 nitrogen and oxygen atoms in total. The topological polar surface area (TPSA) is 29.1 Å². The van der Waals surface area contributed by atoms with Crippen molar-refractivity contribution in [2.75, 3.05) is 5.32 Å². The van der Waals surface area contributed by atoms with Crippen molar-refractivity contribution in [1.82, 2.24) is 0 Å². The Hall–Kier alpha value is -0.650. The van der Waals surface area contributed by atoms with Crippen molar-refractivity contribution < 1.29 is 4.79 Å². The van der Waals surface area contributed by atoms with Gasteiger partial charge in [0.2, 0.25) is 0 Å². The molecule has 88 valence electrons. The molecule has 2 aromatic rings. The van der Waals surface area contributed by atoms with Crippen molar-refractivity contribution >= 4 is 54.8 Å². The van der Waals surface area contributed by atoms with Crippen LogP contribution in [0.2, 0.25) is 0 Å². The summed E-state index contributed by atoms with van der Waals surface area (Å²) in [4.78, 5) is 12.7. The third kappa shape index (κ3) is 2.78. The largest absolute Gasteiger partial charge is 0.320 e. The second kappa shape index (κ2) is 5.33. The lowest BCUT2D eigenvalue weighted by molar-refractivity contribution is 0.103. The van der Waals surface area contributed by atoms with Gasteiger partial charge in [0.1, 0.15) is 4.88 Å². The fraction of sp³-hybridized carbons (Fsp3) is 0.0833. The van der Waals surface area contributed by atoms with E-state index in [-0.39, 0.29) is 5.91 Å². The molecule has 0 fully saturated rings. The van der Waals surface area contributed by atoms with Crippen LogP contribution < -0.4 is 5.32 Å². The Balaban J connectivity index is 2.25. The highest BCUT2D eigenvalue weighted by molar-refractivity contribution is 9.11. The Morgan fingerprint density at radius 3 is 2.71 bits per heavy atom. The molecular formula is C12H9Br2NOS. The summed E-state index contributed by atoms with van der Waals surface area (Å²) < 4.78 is 1.74. The minimum atomic E-state index is -0.0989. The number of carbonyl (C=O) groups excluding carboxylic acids is 1. The summed E-state index contributed by atoms with van der Waals surface area (Å²) in [5, 5.41) is 4.77. The maximum absolute atomic E-state index is 12.0. The molecule has 0 spiro atoms. The maximum Gasteiger partial charge on any atom is 0.266 e. The molecule has 0 radical (unpaired) electrons. The molecule has 1 N–H and O–H groups in total. The molecule has 1 aromatic heterocycles. The fourth-order valence-corrected chi connectivity index (χ4v) is 3.19. The molecule has 5 heteroatoms. The van der Waals surface area contributed by atoms with E-state index < -0.39 is 0 Å². The Kier molecular flexibility index (Phi) is 4.01. The average molecular weight is 375 g/mol. The number of rotatable bonds is 2. The van der Waals surface area contributed by atoms with E-state index in [9.17, 15) is 4.79 Å². The van der Waals surface area contributed by atoms with Crippen LogP contribution in [0.5, 0.6) is 0 Å². The lowest BCUT2D eigenvalue weighted by atomic mass is 10.2. The molecule has 0 bridgehead atoms. The molecule has 0 saturated carbocycles. The van der Waals surface area contributed by atoms with Gasteiger partial charge >= 0.3 is 0 Å². The summed E-state index contributed by atoms with van der Waals surface area (Å²) in [6.07, 6.45) is 0. The SMILES string of the molecule is Cc1cccc(NC(=O)c2sccc2Br)c1Br. The first-order valence-electron chi connectivity index (χ1n) is 4.89. The number of thiophene rings is 1. The number of anilines is 1. The van der Waals surface area contributed by atoms with Crippen molar-refractivity contribution in [3.8, 4) is 0 Å². The fourth-order valence-electron chi connectivity index (χ4n) is 1.38. The highest BCUT2D eigenvalue weighted by Gasteiger charge is 2.13. The van der Waals surface area contributed by atoms with Crippen LogP contribution in [0.1, 0.15) is 15.2 Å². The molecule has 0 unspecified atom stereocenters. The predicted molar refractivity (Wildman–Crippen MR) is 78.9 cm³/mol. The third-order valence-electron chi connectivity index (χ3n) is 2.26. The van der Waals surface area contributed by atoms with Gasteiger partial charge in [-0.25, -0.2) is 0 Å². The lowest BCUT2D eigenvalue weighted by Crippen LogP contribution is -2.11. The van der Waals surface area contributed by atoms with E-state index in [0.717, 1.165) is 20.2 Å². The average Bonchev–Trinajstić information content (AvgIpc) is 2.71. The van der Waals surface area contributed by atoms with Crippen LogP contribution in [0.3, 0.4) is 0 Å². The number of halogens is 2. The number of nitrogens with one attached hydrogen (secondary N) is 1. The lowest BCUT2D eigenvalue weighted by Gasteiger charge is -2.08. The Morgan fingerprint density at radius 1 is 1.29 bits per heavy atom. The van der Waals surface area contributed by atoms with Crippen molar-refractivity contribution in [2.45, 2.75) is 6.92 Å². The second-order valence-corrected chi connectivity index (χ2v) is 6.05. The van der Waals surface area contributed by atoms with Crippen molar-refractivity contribution in [3.05, 3.63) is 49.0 Å². The Labute approximate surface area is 120 Å². The van der Waals surface area contributed by atoms with Crippen LogP contribution >= 0.6 is 43.2 Å². The van der Waals surface area contributed by atoms with Crippen molar-refractivity contribution in [1.29, 1.82) is 0 Å². The zero-order valence-electron chi connectivity index (χ0n) is 8.96. The number of carbonyl (C=O) groups is 1. The third-order valence-corrected chi connectivity index (χ3v) is 5.15. The summed E-state index contributed by atoms with van der Waals surface area (Å²) in [6.45, 7) is 1.99. The van der Waals surface area contributed by atoms with Gasteiger partial charge in [0.15, 0.2) is 0 Å². The molecule has 0 aliphatic heterocycles. The normalized spacial score (nSPS) is 10.3. The van der Waals surface area contributed by atoms with E-state index >= 15 is 0 Å². The molecule has 1 heterocycles. The van der Waals surface area contributed by atoms with Crippen LogP contribution in [-0.2, 0) is 0 Å². The van der Waals surface area contributed by atoms with Gasteiger partial charge in [0, 0.05) is 8.95 Å². The van der Waals surface area contributed by atoms with E-state index in [4.69, 9.17) is 0 Å². The summed E-state index contributed by atoms with van der Waals surface area (Å²) in [5.74, 6) is -0.0989. The van der Waals surface area contributed by atoms with Gasteiger partial charge in [-0.15, -0.1) is 11.3 Å². The first-order valence-corrected chi connectivity index (χ1v) is 7.35. The van der Waals surface area contributed by atoms with Gasteiger partial charge in [-0.3, -0.25) is 4.79 Å². The van der Waals surface area contributed by atoms with Crippen LogP contribution in [0.4, 0.5) is 5.69 Å². The van der Waals surface area contributed by atoms with Crippen LogP contribution in [-0.4, -0.2) is 5.91 Å². The summed E-state index contributed by atoms with van der Waals surface area (Å²) in [5.41, 5.74) is 1.88. The first kappa shape index (κ1) is 12.8. The number of hydrogen-bond donors (Lipinski definition) is 1. The molecule has 0 aliphatic carbocycles. The predicted octanol–water partition coefficient (Wildman–Crippen LogP) is 4.83. The maximum atomic E-state index is 12.0. The Morgan fingerprint density at radius 2 is 2.06 bits per heavy atom. The number of hydrogen-bond acceptors (Lipinski definition) is 2. The van der Waals surface area contributed by atoms with Crippen LogP contribution in [0.25, 0.3) is 0 Å². The van der Waals surface area contributed by atoms with E-state index in [1.165, 1.54) is 11.3 Å². The number of amides is 1. The Bertz CT molecular complexity index is 565. The van der Waals surface area contributed by atoms with Gasteiger partial charge in [-0.05, 0) is 61.9 Å². The number of benzene rings is 1. The molecule has 2 rings (SSSR count). The standard InChI is InChI=1S/C12H9Br2NOS/c1-7-3-2-4-9(10(7)14)15-12(16)11-8(13)5-6-17-11/h2-6H,1H3,(H,15,16). The van der Waals surface area contributed by atoms with Gasteiger partial charge < -0.3 is 5.32 Å². The second-order valence-electron chi connectivity index (χ2n) is 3.49. The summed E-state index contributed by atoms with van der Waals surface area (Å²) in [7, 11) is 0. The minimum absolute atomic E-state index is 0.0989. The van der Waals surface area contributed by atoms with E-state index in [0.29, 0.717) is 4.88 Å². The highest BCUT2D eigenvalue weighted by atomic mass is 79.9. The van der Waals surface area contributed by atoms with Crippen molar-refractivity contribution in [2.24, 2.45) is 0 Å². The molecule has 0 aliphatic rings. The van der Waals surface area contributed by atoms with E-state index in [1.807, 2.05) is 36.6 Å². The molecule has 0 saturated heterocycles. The van der Waals surface area contributed by atoms with Crippen molar-refractivity contribution in [3.63, 3.8) is 0 Å². The quantitative estimate of drug-likeness (QED) is 0.800. The zero-order valence-corrected chi connectivity index (χ0v) is 12.9. The zero-order chi connectivity index (χ0) is 12.4. The molecule has 1 amide bonds. The van der Waals surface area contributed by atoms with Gasteiger partial charge in [-0.2, -0.15) is 0 Å². The number of aryl methyl sites for hydroxylation is 1. The summed E-state index contributed by atoms with van der Waals surface area (Å²) in [6, 6.07) is 7.64. The summed E-state index contributed by atoms with van der Waals surface area (Å²) >= 11 is 8.23. The van der Waals surface area contributed by atoms with Gasteiger partial charge in [-0.1, -0.05) is 12.1 Å². The highest BCUT2D eigenvalue weighted by Crippen LogP contribution is 2.28. The van der Waals surface area contributed by atoms with Gasteiger partial charge in [0.25, 0.3) is 5.91 Å². The van der Waals surface area contributed by atoms with E-state index in [2.05, 4.69) is 37.2 Å². The van der Waals surface area contributed by atoms with Crippen LogP contribution in [0, 0.1) is 6.92 Å². The molecule has 1 aromatic carbocycles. The molecule has 17 heavy (non-hydrogen) atoms. The van der Waals surface area contributed by atoms with E-state index in [1.54, 1.807) is 0 Å². The smallest absolute Gasteiger partial charge is 0.266 e. The minimum Gasteiger partial charge on any atom is -0.320 e. The van der Waals surface area contributed by atoms with Crippen LogP contribution in [0.15, 0.2) is 38.6 Å². The van der Waals surface area contributed by atoms with Gasteiger partial charge in [0.05, 0.1) is 5.69 Å².